The molecule has 0 spiro atoms. The molecule has 4 heteroatoms. The lowest BCUT2D eigenvalue weighted by molar-refractivity contribution is 0.909. The van der Waals surface area contributed by atoms with Gasteiger partial charge in [0.25, 0.3) is 5.56 Å². The molecule has 2 aromatic rings. The Morgan fingerprint density at radius 3 is 2.52 bits per heavy atom. The first-order valence-corrected chi connectivity index (χ1v) is 7.47. The summed E-state index contributed by atoms with van der Waals surface area (Å²) in [6.45, 7) is 2.04. The Morgan fingerprint density at radius 2 is 1.74 bits per heavy atom. The summed E-state index contributed by atoms with van der Waals surface area (Å²) < 4.78 is 1.96. The Kier molecular flexibility index (Phi) is 2.98. The van der Waals surface area contributed by atoms with E-state index in [0.29, 0.717) is 17.2 Å². The fraction of sp³-hybridized carbons (Fsp3) is 0.105. The summed E-state index contributed by atoms with van der Waals surface area (Å²) in [7, 11) is 1.93. The van der Waals surface area contributed by atoms with Crippen molar-refractivity contribution in [3.63, 3.8) is 0 Å². The second kappa shape index (κ2) is 5.02. The molecule has 2 aromatic carbocycles. The molecule has 0 amide bonds. The van der Waals surface area contributed by atoms with Crippen LogP contribution in [0.4, 0.5) is 0 Å². The van der Waals surface area contributed by atoms with Gasteiger partial charge in [-0.3, -0.25) is 4.79 Å². The maximum atomic E-state index is 12.5. The maximum absolute atomic E-state index is 12.5. The number of aromatic nitrogens is 3. The summed E-state index contributed by atoms with van der Waals surface area (Å²) in [5.41, 5.74) is 3.35. The second-order valence-corrected chi connectivity index (χ2v) is 5.72. The molecule has 2 aliphatic rings. The van der Waals surface area contributed by atoms with Crippen LogP contribution in [-0.4, -0.2) is 14.5 Å². The predicted octanol–water partition coefficient (Wildman–Crippen LogP) is 3.41. The van der Waals surface area contributed by atoms with E-state index in [1.165, 1.54) is 0 Å². The van der Waals surface area contributed by atoms with E-state index in [1.807, 2.05) is 54.9 Å². The Labute approximate surface area is 133 Å². The third-order valence-corrected chi connectivity index (χ3v) is 4.08. The van der Waals surface area contributed by atoms with Gasteiger partial charge in [-0.25, -0.2) is 4.98 Å². The SMILES string of the molecule is Cc1ccc2c(c1)cc1c(=O)nc(-c3ccccc3)nc-1n2C. The van der Waals surface area contributed by atoms with Crippen LogP contribution < -0.4 is 5.56 Å². The number of hydrogen-bond donors (Lipinski definition) is 0. The van der Waals surface area contributed by atoms with Gasteiger partial charge in [-0.2, -0.15) is 4.98 Å². The van der Waals surface area contributed by atoms with E-state index < -0.39 is 0 Å². The van der Waals surface area contributed by atoms with Crippen LogP contribution in [0.1, 0.15) is 5.56 Å². The fourth-order valence-electron chi connectivity index (χ4n) is 2.90. The molecular formula is C19H15N3O. The van der Waals surface area contributed by atoms with Gasteiger partial charge in [-0.1, -0.05) is 42.0 Å². The lowest BCUT2D eigenvalue weighted by atomic mass is 10.1. The topological polar surface area (TPSA) is 47.8 Å². The first-order valence-electron chi connectivity index (χ1n) is 7.47. The molecule has 0 bridgehead atoms. The molecular weight excluding hydrogens is 286 g/mol. The Balaban J connectivity index is 2.09. The number of aryl methyl sites for hydroxylation is 2. The van der Waals surface area contributed by atoms with Crippen molar-refractivity contribution in [2.24, 2.45) is 7.05 Å². The van der Waals surface area contributed by atoms with E-state index in [9.17, 15) is 4.79 Å². The largest absolute Gasteiger partial charge is 0.328 e. The average molecular weight is 301 g/mol. The summed E-state index contributed by atoms with van der Waals surface area (Å²) >= 11 is 0. The highest BCUT2D eigenvalue weighted by Crippen LogP contribution is 2.25. The molecule has 0 fully saturated rings. The van der Waals surface area contributed by atoms with Gasteiger partial charge in [-0.15, -0.1) is 0 Å². The van der Waals surface area contributed by atoms with Gasteiger partial charge < -0.3 is 4.57 Å². The molecule has 23 heavy (non-hydrogen) atoms. The lowest BCUT2D eigenvalue weighted by Gasteiger charge is -2.15. The standard InChI is InChI=1S/C19H15N3O/c1-12-8-9-16-14(10-12)11-15-18(22(16)2)20-17(21-19(15)23)13-6-4-3-5-7-13/h3-11H,1-2H3. The highest BCUT2D eigenvalue weighted by Gasteiger charge is 2.16. The summed E-state index contributed by atoms with van der Waals surface area (Å²) in [6, 6.07) is 17.6. The number of benzene rings is 2. The normalized spacial score (nSPS) is 11.2. The van der Waals surface area contributed by atoms with Gasteiger partial charge in [0.15, 0.2) is 5.82 Å². The molecule has 0 aromatic heterocycles. The van der Waals surface area contributed by atoms with Gasteiger partial charge in [-0.05, 0) is 30.5 Å². The minimum absolute atomic E-state index is 0.243. The fourth-order valence-corrected chi connectivity index (χ4v) is 2.90. The maximum Gasteiger partial charge on any atom is 0.282 e. The average Bonchev–Trinajstić information content (AvgIpc) is 2.56. The van der Waals surface area contributed by atoms with Crippen LogP contribution in [0, 0.1) is 6.92 Å². The number of hydrogen-bond acceptors (Lipinski definition) is 3. The molecule has 0 unspecified atom stereocenters. The monoisotopic (exact) mass is 301 g/mol. The van der Waals surface area contributed by atoms with Crippen LogP contribution in [0.15, 0.2) is 59.4 Å². The third-order valence-electron chi connectivity index (χ3n) is 4.08. The molecule has 0 N–H and O–H groups in total. The van der Waals surface area contributed by atoms with Crippen molar-refractivity contribution in [1.29, 1.82) is 0 Å². The number of nitrogens with zero attached hydrogens (tertiary/aromatic N) is 3. The first kappa shape index (κ1) is 13.6. The van der Waals surface area contributed by atoms with Crippen molar-refractivity contribution in [3.8, 4) is 22.8 Å². The zero-order valence-corrected chi connectivity index (χ0v) is 12.9. The van der Waals surface area contributed by atoms with E-state index >= 15 is 0 Å². The van der Waals surface area contributed by atoms with E-state index in [1.54, 1.807) is 0 Å². The van der Waals surface area contributed by atoms with E-state index in [0.717, 1.165) is 22.0 Å². The highest BCUT2D eigenvalue weighted by atomic mass is 16.1. The molecule has 2 aliphatic heterocycles. The van der Waals surface area contributed by atoms with Crippen molar-refractivity contribution in [2.75, 3.05) is 0 Å². The number of rotatable bonds is 1. The van der Waals surface area contributed by atoms with Crippen LogP contribution in [0.3, 0.4) is 0 Å². The van der Waals surface area contributed by atoms with Crippen LogP contribution in [0.5, 0.6) is 0 Å². The van der Waals surface area contributed by atoms with Crippen LogP contribution in [0.2, 0.25) is 0 Å². The number of fused-ring (bicyclic) bond motifs is 2. The zero-order chi connectivity index (χ0) is 16.0. The van der Waals surface area contributed by atoms with Gasteiger partial charge >= 0.3 is 0 Å². The smallest absolute Gasteiger partial charge is 0.282 e. The van der Waals surface area contributed by atoms with Crippen molar-refractivity contribution in [3.05, 3.63) is 70.5 Å². The molecule has 0 saturated carbocycles. The summed E-state index contributed by atoms with van der Waals surface area (Å²) in [4.78, 5) is 21.3. The molecule has 4 nitrogen and oxygen atoms in total. The molecule has 0 aliphatic carbocycles. The Hall–Kier alpha value is -3.01. The second-order valence-electron chi connectivity index (χ2n) is 5.72. The van der Waals surface area contributed by atoms with E-state index in [4.69, 9.17) is 0 Å². The Bertz CT molecular complexity index is 1050. The molecule has 4 rings (SSSR count). The van der Waals surface area contributed by atoms with E-state index in [2.05, 4.69) is 28.2 Å². The third kappa shape index (κ3) is 2.19. The van der Waals surface area contributed by atoms with Crippen molar-refractivity contribution < 1.29 is 0 Å². The van der Waals surface area contributed by atoms with Gasteiger partial charge in [0, 0.05) is 18.1 Å². The lowest BCUT2D eigenvalue weighted by Crippen LogP contribution is -2.17. The highest BCUT2D eigenvalue weighted by molar-refractivity contribution is 5.86. The van der Waals surface area contributed by atoms with Gasteiger partial charge in [0.05, 0.1) is 5.56 Å². The van der Waals surface area contributed by atoms with Crippen molar-refractivity contribution >= 4 is 10.9 Å². The summed E-state index contributed by atoms with van der Waals surface area (Å²) in [6.07, 6.45) is 0. The summed E-state index contributed by atoms with van der Waals surface area (Å²) in [5, 5.41) is 1.02. The van der Waals surface area contributed by atoms with Crippen LogP contribution in [0.25, 0.3) is 33.7 Å². The molecule has 0 atom stereocenters. The minimum Gasteiger partial charge on any atom is -0.328 e. The summed E-state index contributed by atoms with van der Waals surface area (Å²) in [5.74, 6) is 1.12. The predicted molar refractivity (Wildman–Crippen MR) is 91.6 cm³/mol. The minimum atomic E-state index is -0.243. The van der Waals surface area contributed by atoms with Crippen molar-refractivity contribution in [1.82, 2.24) is 14.5 Å². The zero-order valence-electron chi connectivity index (χ0n) is 12.9. The van der Waals surface area contributed by atoms with Crippen molar-refractivity contribution in [2.45, 2.75) is 6.92 Å². The number of pyridine rings is 1. The van der Waals surface area contributed by atoms with Gasteiger partial charge in [0.1, 0.15) is 5.82 Å². The quantitative estimate of drug-likeness (QED) is 0.506. The molecule has 112 valence electrons. The molecule has 2 heterocycles. The van der Waals surface area contributed by atoms with E-state index in [-0.39, 0.29) is 5.56 Å². The first-order chi connectivity index (χ1) is 11.1. The Morgan fingerprint density at radius 1 is 0.957 bits per heavy atom. The van der Waals surface area contributed by atoms with Crippen LogP contribution >= 0.6 is 0 Å². The van der Waals surface area contributed by atoms with Crippen LogP contribution in [-0.2, 0) is 7.05 Å². The molecule has 0 saturated heterocycles. The molecule has 0 radical (unpaired) electrons. The van der Waals surface area contributed by atoms with Gasteiger partial charge in [0.2, 0.25) is 0 Å².